The third kappa shape index (κ3) is 3.92. The summed E-state index contributed by atoms with van der Waals surface area (Å²) in [6, 6.07) is 0. The Hall–Kier alpha value is -0.410. The van der Waals surface area contributed by atoms with Crippen LogP contribution in [-0.2, 0) is 19.4 Å². The van der Waals surface area contributed by atoms with Gasteiger partial charge in [-0.25, -0.2) is 4.98 Å². The van der Waals surface area contributed by atoms with E-state index in [9.17, 15) is 0 Å². The zero-order chi connectivity index (χ0) is 11.3. The van der Waals surface area contributed by atoms with Crippen molar-refractivity contribution in [2.75, 3.05) is 6.54 Å². The van der Waals surface area contributed by atoms with Gasteiger partial charge in [-0.15, -0.1) is 11.3 Å². The normalized spacial score (nSPS) is 11.3. The van der Waals surface area contributed by atoms with Gasteiger partial charge in [0.2, 0.25) is 0 Å². The Morgan fingerprint density at radius 3 is 2.53 bits per heavy atom. The van der Waals surface area contributed by atoms with E-state index in [-0.39, 0.29) is 0 Å². The van der Waals surface area contributed by atoms with Crippen molar-refractivity contribution < 1.29 is 0 Å². The molecule has 86 valence electrons. The van der Waals surface area contributed by atoms with E-state index in [1.54, 1.807) is 0 Å². The van der Waals surface area contributed by atoms with Crippen LogP contribution in [0.3, 0.4) is 0 Å². The van der Waals surface area contributed by atoms with Gasteiger partial charge >= 0.3 is 0 Å². The Kier molecular flexibility index (Phi) is 5.26. The second kappa shape index (κ2) is 6.23. The Labute approximate surface area is 97.1 Å². The monoisotopic (exact) mass is 226 g/mol. The first-order valence-corrected chi connectivity index (χ1v) is 6.67. The molecule has 0 aliphatic rings. The Balaban J connectivity index is 2.54. The summed E-state index contributed by atoms with van der Waals surface area (Å²) in [5, 5.41) is 4.76. The minimum Gasteiger partial charge on any atom is -0.312 e. The van der Waals surface area contributed by atoms with Crippen LogP contribution in [0, 0.1) is 5.92 Å². The predicted octanol–water partition coefficient (Wildman–Crippen LogP) is 3.01. The topological polar surface area (TPSA) is 24.9 Å². The summed E-state index contributed by atoms with van der Waals surface area (Å²) >= 11 is 1.86. The lowest BCUT2D eigenvalue weighted by molar-refractivity contribution is 0.553. The van der Waals surface area contributed by atoms with Crippen LogP contribution in [0.15, 0.2) is 0 Å². The molecule has 0 saturated carbocycles. The molecule has 0 radical (unpaired) electrons. The molecule has 1 rings (SSSR count). The molecule has 2 nitrogen and oxygen atoms in total. The molecule has 0 bridgehead atoms. The van der Waals surface area contributed by atoms with Crippen molar-refractivity contribution in [2.24, 2.45) is 5.92 Å². The number of aromatic nitrogens is 1. The molecule has 0 aliphatic heterocycles. The van der Waals surface area contributed by atoms with Crippen molar-refractivity contribution in [3.8, 4) is 0 Å². The molecule has 0 unspecified atom stereocenters. The van der Waals surface area contributed by atoms with Crippen LogP contribution in [0.5, 0.6) is 0 Å². The minimum atomic E-state index is 0.716. The van der Waals surface area contributed by atoms with Crippen LogP contribution in [0.1, 0.15) is 43.3 Å². The van der Waals surface area contributed by atoms with Crippen LogP contribution in [0.4, 0.5) is 0 Å². The van der Waals surface area contributed by atoms with Crippen molar-refractivity contribution in [1.82, 2.24) is 10.3 Å². The first-order valence-electron chi connectivity index (χ1n) is 5.85. The van der Waals surface area contributed by atoms with Gasteiger partial charge in [-0.2, -0.15) is 0 Å². The van der Waals surface area contributed by atoms with Crippen LogP contribution in [0.25, 0.3) is 0 Å². The van der Waals surface area contributed by atoms with E-state index in [0.717, 1.165) is 25.9 Å². The average molecular weight is 226 g/mol. The Morgan fingerprint density at radius 2 is 2.00 bits per heavy atom. The highest BCUT2D eigenvalue weighted by Gasteiger charge is 2.08. The minimum absolute atomic E-state index is 0.716. The number of thiazole rings is 1. The van der Waals surface area contributed by atoms with Crippen molar-refractivity contribution in [3.63, 3.8) is 0 Å². The molecule has 0 amide bonds. The standard InChI is InChI=1S/C12H22N2S/c1-5-10-11(8-13-7-9(3)4)15-12(6-2)14-10/h9,13H,5-8H2,1-4H3. The van der Waals surface area contributed by atoms with Gasteiger partial charge in [0.15, 0.2) is 0 Å². The highest BCUT2D eigenvalue weighted by Crippen LogP contribution is 2.19. The number of nitrogens with one attached hydrogen (secondary N) is 1. The lowest BCUT2D eigenvalue weighted by Gasteiger charge is -2.06. The van der Waals surface area contributed by atoms with E-state index in [1.165, 1.54) is 15.6 Å². The van der Waals surface area contributed by atoms with Gasteiger partial charge in [-0.1, -0.05) is 27.7 Å². The van der Waals surface area contributed by atoms with Crippen LogP contribution >= 0.6 is 11.3 Å². The van der Waals surface area contributed by atoms with Crippen LogP contribution in [0.2, 0.25) is 0 Å². The Bertz CT molecular complexity index is 292. The van der Waals surface area contributed by atoms with Gasteiger partial charge in [0.1, 0.15) is 0 Å². The second-order valence-corrected chi connectivity index (χ2v) is 5.38. The predicted molar refractivity (Wildman–Crippen MR) is 67.4 cm³/mol. The average Bonchev–Trinajstić information content (AvgIpc) is 2.60. The van der Waals surface area contributed by atoms with Crippen molar-refractivity contribution in [3.05, 3.63) is 15.6 Å². The van der Waals surface area contributed by atoms with E-state index < -0.39 is 0 Å². The fraction of sp³-hybridized carbons (Fsp3) is 0.750. The molecule has 0 fully saturated rings. The largest absolute Gasteiger partial charge is 0.312 e. The molecule has 0 spiro atoms. The zero-order valence-corrected chi connectivity index (χ0v) is 11.1. The summed E-state index contributed by atoms with van der Waals surface area (Å²) in [4.78, 5) is 6.05. The fourth-order valence-electron chi connectivity index (χ4n) is 1.48. The van der Waals surface area contributed by atoms with Gasteiger partial charge in [0.05, 0.1) is 10.7 Å². The molecule has 3 heteroatoms. The second-order valence-electron chi connectivity index (χ2n) is 4.21. The third-order valence-electron chi connectivity index (χ3n) is 2.30. The first kappa shape index (κ1) is 12.7. The zero-order valence-electron chi connectivity index (χ0n) is 10.3. The molecule has 0 saturated heterocycles. The molecule has 0 atom stereocenters. The molecule has 0 aliphatic carbocycles. The molecular weight excluding hydrogens is 204 g/mol. The smallest absolute Gasteiger partial charge is 0.0928 e. The number of aryl methyl sites for hydroxylation is 2. The van der Waals surface area contributed by atoms with Crippen molar-refractivity contribution in [2.45, 2.75) is 47.1 Å². The first-order chi connectivity index (χ1) is 7.17. The quantitative estimate of drug-likeness (QED) is 0.806. The maximum Gasteiger partial charge on any atom is 0.0928 e. The highest BCUT2D eigenvalue weighted by molar-refractivity contribution is 7.11. The molecule has 1 heterocycles. The highest BCUT2D eigenvalue weighted by atomic mass is 32.1. The van der Waals surface area contributed by atoms with Gasteiger partial charge in [-0.05, 0) is 25.3 Å². The maximum atomic E-state index is 4.62. The summed E-state index contributed by atoms with van der Waals surface area (Å²) < 4.78 is 0. The van der Waals surface area contributed by atoms with Crippen molar-refractivity contribution >= 4 is 11.3 Å². The molecule has 15 heavy (non-hydrogen) atoms. The summed E-state index contributed by atoms with van der Waals surface area (Å²) in [5.41, 5.74) is 1.29. The molecule has 1 aromatic heterocycles. The lowest BCUT2D eigenvalue weighted by Crippen LogP contribution is -2.18. The summed E-state index contributed by atoms with van der Waals surface area (Å²) in [5.74, 6) is 0.716. The number of rotatable bonds is 6. The number of nitrogens with zero attached hydrogens (tertiary/aromatic N) is 1. The fourth-order valence-corrected chi connectivity index (χ4v) is 2.54. The maximum absolute atomic E-state index is 4.62. The summed E-state index contributed by atoms with van der Waals surface area (Å²) in [6.45, 7) is 10.9. The number of hydrogen-bond acceptors (Lipinski definition) is 3. The molecular formula is C12H22N2S. The van der Waals surface area contributed by atoms with Gasteiger partial charge < -0.3 is 5.32 Å². The Morgan fingerprint density at radius 1 is 1.27 bits per heavy atom. The van der Waals surface area contributed by atoms with Crippen LogP contribution in [-0.4, -0.2) is 11.5 Å². The third-order valence-corrected chi connectivity index (χ3v) is 3.54. The van der Waals surface area contributed by atoms with Gasteiger partial charge in [0, 0.05) is 11.4 Å². The van der Waals surface area contributed by atoms with Crippen LogP contribution < -0.4 is 5.32 Å². The van der Waals surface area contributed by atoms with Gasteiger partial charge in [-0.3, -0.25) is 0 Å². The van der Waals surface area contributed by atoms with E-state index in [2.05, 4.69) is 38.0 Å². The van der Waals surface area contributed by atoms with E-state index in [0.29, 0.717) is 5.92 Å². The SMILES string of the molecule is CCc1nc(CC)c(CNCC(C)C)s1. The van der Waals surface area contributed by atoms with Gasteiger partial charge in [0.25, 0.3) is 0 Å². The lowest BCUT2D eigenvalue weighted by atomic mass is 10.2. The molecule has 1 N–H and O–H groups in total. The summed E-state index contributed by atoms with van der Waals surface area (Å²) in [6.07, 6.45) is 2.11. The molecule has 0 aromatic carbocycles. The number of hydrogen-bond donors (Lipinski definition) is 1. The molecule has 1 aromatic rings. The van der Waals surface area contributed by atoms with E-state index in [4.69, 9.17) is 0 Å². The van der Waals surface area contributed by atoms with Crippen molar-refractivity contribution in [1.29, 1.82) is 0 Å². The van der Waals surface area contributed by atoms with E-state index in [1.807, 2.05) is 11.3 Å². The van der Waals surface area contributed by atoms with E-state index >= 15 is 0 Å². The summed E-state index contributed by atoms with van der Waals surface area (Å²) in [7, 11) is 0.